The van der Waals surface area contributed by atoms with Gasteiger partial charge in [-0.15, -0.1) is 0 Å². The zero-order valence-corrected chi connectivity index (χ0v) is 13.2. The zero-order valence-electron chi connectivity index (χ0n) is 11.2. The zero-order chi connectivity index (χ0) is 12.6. The number of aliphatic carboxylic acids is 1. The van der Waals surface area contributed by atoms with Gasteiger partial charge in [-0.3, -0.25) is 4.79 Å². The van der Waals surface area contributed by atoms with Crippen molar-refractivity contribution in [3.8, 4) is 0 Å². The van der Waals surface area contributed by atoms with Crippen LogP contribution >= 0.6 is 0 Å². The number of carbonyl (C=O) groups is 2. The molecule has 92 valence electrons. The van der Waals surface area contributed by atoms with Gasteiger partial charge in [0.25, 0.3) is 0 Å². The molecule has 1 amide bonds. The van der Waals surface area contributed by atoms with Gasteiger partial charge in [0.15, 0.2) is 0 Å². The number of allylic oxidation sites excluding steroid dienone is 2. The molecular formula is C12H20NNaO3. The molecule has 0 spiro atoms. The number of likely N-dealkylation sites (N-methyl/N-ethyl adjacent to an activating group) is 1. The second-order valence-electron chi connectivity index (χ2n) is 3.80. The van der Waals surface area contributed by atoms with E-state index in [-0.39, 0.29) is 35.5 Å². The first-order chi connectivity index (χ1) is 7.50. The van der Waals surface area contributed by atoms with Crippen LogP contribution in [-0.4, -0.2) is 29.9 Å². The molecule has 17 heavy (non-hydrogen) atoms. The van der Waals surface area contributed by atoms with Gasteiger partial charge in [0.1, 0.15) is 0 Å². The van der Waals surface area contributed by atoms with E-state index in [2.05, 4.69) is 6.92 Å². The maximum absolute atomic E-state index is 11.5. The summed E-state index contributed by atoms with van der Waals surface area (Å²) >= 11 is 0. The maximum atomic E-state index is 11.5. The van der Waals surface area contributed by atoms with Crippen molar-refractivity contribution in [3.05, 3.63) is 12.2 Å². The van der Waals surface area contributed by atoms with Crippen molar-refractivity contribution in [1.29, 1.82) is 0 Å². The molecule has 0 aromatic heterocycles. The fraction of sp³-hybridized carbons (Fsp3) is 0.667. The summed E-state index contributed by atoms with van der Waals surface area (Å²) in [6, 6.07) is -0.868. The summed E-state index contributed by atoms with van der Waals surface area (Å²) in [6.45, 7) is 3.53. The SMILES string of the molecule is CCC/C=C/CCC(=O)N(C)C(C)C(=O)[O-].[Na+]. The average molecular weight is 249 g/mol. The number of carboxylic acids is 1. The maximum Gasteiger partial charge on any atom is 1.00 e. The molecule has 1 atom stereocenters. The Bertz CT molecular complexity index is 266. The number of unbranched alkanes of at least 4 members (excludes halogenated alkanes) is 1. The number of carboxylic acid groups (broad SMARTS) is 1. The Labute approximate surface area is 125 Å². The smallest absolute Gasteiger partial charge is 0.548 e. The number of hydrogen-bond acceptors (Lipinski definition) is 3. The third-order valence-electron chi connectivity index (χ3n) is 2.46. The molecule has 0 fully saturated rings. The van der Waals surface area contributed by atoms with Crippen molar-refractivity contribution in [2.75, 3.05) is 7.05 Å². The molecule has 0 heterocycles. The van der Waals surface area contributed by atoms with E-state index in [1.807, 2.05) is 12.2 Å². The summed E-state index contributed by atoms with van der Waals surface area (Å²) in [5.74, 6) is -1.39. The third kappa shape index (κ3) is 8.41. The summed E-state index contributed by atoms with van der Waals surface area (Å²) in [6.07, 6.45) is 7.09. The summed E-state index contributed by atoms with van der Waals surface area (Å²) in [7, 11) is 1.48. The number of carbonyl (C=O) groups excluding carboxylic acids is 2. The molecule has 0 aromatic rings. The Morgan fingerprint density at radius 1 is 1.29 bits per heavy atom. The summed E-state index contributed by atoms with van der Waals surface area (Å²) in [4.78, 5) is 23.3. The first-order valence-electron chi connectivity index (χ1n) is 5.62. The standard InChI is InChI=1S/C12H21NO3.Na/c1-4-5-6-7-8-9-11(14)13(3)10(2)12(15)16;/h6-7,10H,4-5,8-9H2,1-3H3,(H,15,16);/q;+1/p-1/b7-6+;. The van der Waals surface area contributed by atoms with E-state index in [0.29, 0.717) is 12.8 Å². The largest absolute Gasteiger partial charge is 1.00 e. The minimum absolute atomic E-state index is 0. The number of hydrogen-bond donors (Lipinski definition) is 0. The molecule has 0 aliphatic rings. The van der Waals surface area contributed by atoms with Crippen molar-refractivity contribution in [3.63, 3.8) is 0 Å². The van der Waals surface area contributed by atoms with Crippen molar-refractivity contribution >= 4 is 11.9 Å². The van der Waals surface area contributed by atoms with Crippen molar-refractivity contribution < 1.29 is 44.3 Å². The van der Waals surface area contributed by atoms with E-state index < -0.39 is 12.0 Å². The predicted octanol–water partition coefficient (Wildman–Crippen LogP) is -2.28. The van der Waals surface area contributed by atoms with E-state index in [1.54, 1.807) is 0 Å². The monoisotopic (exact) mass is 249 g/mol. The molecule has 0 saturated carbocycles. The topological polar surface area (TPSA) is 60.4 Å². The van der Waals surface area contributed by atoms with Gasteiger partial charge in [0.2, 0.25) is 5.91 Å². The molecule has 5 heteroatoms. The third-order valence-corrected chi connectivity index (χ3v) is 2.46. The van der Waals surface area contributed by atoms with Gasteiger partial charge in [-0.25, -0.2) is 0 Å². The Hall–Kier alpha value is -0.320. The second-order valence-corrected chi connectivity index (χ2v) is 3.80. The van der Waals surface area contributed by atoms with Gasteiger partial charge in [-0.2, -0.15) is 0 Å². The second kappa shape index (κ2) is 10.8. The molecule has 0 aliphatic carbocycles. The minimum Gasteiger partial charge on any atom is -0.548 e. The normalized spacial score (nSPS) is 11.9. The molecule has 1 unspecified atom stereocenters. The first-order valence-corrected chi connectivity index (χ1v) is 5.62. The van der Waals surface area contributed by atoms with Gasteiger partial charge >= 0.3 is 29.6 Å². The van der Waals surface area contributed by atoms with Gasteiger partial charge in [-0.05, 0) is 19.8 Å². The van der Waals surface area contributed by atoms with Gasteiger partial charge < -0.3 is 14.8 Å². The van der Waals surface area contributed by atoms with Crippen LogP contribution in [0.2, 0.25) is 0 Å². The molecule has 0 saturated heterocycles. The van der Waals surface area contributed by atoms with Gasteiger partial charge in [0.05, 0.1) is 12.0 Å². The van der Waals surface area contributed by atoms with Crippen molar-refractivity contribution in [2.24, 2.45) is 0 Å². The van der Waals surface area contributed by atoms with Crippen LogP contribution < -0.4 is 34.7 Å². The minimum atomic E-state index is -1.22. The van der Waals surface area contributed by atoms with Crippen molar-refractivity contribution in [1.82, 2.24) is 4.90 Å². The van der Waals surface area contributed by atoms with Gasteiger partial charge in [0, 0.05) is 13.5 Å². The molecule has 4 nitrogen and oxygen atoms in total. The van der Waals surface area contributed by atoms with Crippen LogP contribution in [0.5, 0.6) is 0 Å². The molecule has 0 bridgehead atoms. The Kier molecular flexibility index (Phi) is 12.1. The summed E-state index contributed by atoms with van der Waals surface area (Å²) < 4.78 is 0. The Balaban J connectivity index is 0. The average Bonchev–Trinajstić information content (AvgIpc) is 2.26. The molecule has 0 N–H and O–H groups in total. The Morgan fingerprint density at radius 3 is 2.29 bits per heavy atom. The van der Waals surface area contributed by atoms with Crippen LogP contribution in [0.15, 0.2) is 12.2 Å². The van der Waals surface area contributed by atoms with Crippen LogP contribution in [-0.2, 0) is 9.59 Å². The summed E-state index contributed by atoms with van der Waals surface area (Å²) in [5, 5.41) is 10.5. The van der Waals surface area contributed by atoms with Crippen LogP contribution in [0.4, 0.5) is 0 Å². The number of rotatable bonds is 7. The van der Waals surface area contributed by atoms with E-state index in [4.69, 9.17) is 0 Å². The molecule has 0 radical (unpaired) electrons. The molecule has 0 aliphatic heterocycles. The fourth-order valence-corrected chi connectivity index (χ4v) is 1.16. The van der Waals surface area contributed by atoms with Crippen LogP contribution in [0.25, 0.3) is 0 Å². The van der Waals surface area contributed by atoms with Crippen LogP contribution in [0.3, 0.4) is 0 Å². The van der Waals surface area contributed by atoms with Crippen LogP contribution in [0.1, 0.15) is 39.5 Å². The van der Waals surface area contributed by atoms with E-state index >= 15 is 0 Å². The molecular weight excluding hydrogens is 229 g/mol. The predicted molar refractivity (Wildman–Crippen MR) is 60.5 cm³/mol. The van der Waals surface area contributed by atoms with Crippen molar-refractivity contribution in [2.45, 2.75) is 45.6 Å². The summed E-state index contributed by atoms with van der Waals surface area (Å²) in [5.41, 5.74) is 0. The van der Waals surface area contributed by atoms with E-state index in [9.17, 15) is 14.7 Å². The molecule has 0 aromatic carbocycles. The van der Waals surface area contributed by atoms with Crippen LogP contribution in [0, 0.1) is 0 Å². The fourth-order valence-electron chi connectivity index (χ4n) is 1.16. The van der Waals surface area contributed by atoms with Gasteiger partial charge in [-0.1, -0.05) is 25.5 Å². The molecule has 0 rings (SSSR count). The Morgan fingerprint density at radius 2 is 1.82 bits per heavy atom. The first kappa shape index (κ1) is 19.0. The van der Waals surface area contributed by atoms with E-state index in [1.165, 1.54) is 18.9 Å². The number of amides is 1. The number of nitrogens with zero attached hydrogens (tertiary/aromatic N) is 1. The van der Waals surface area contributed by atoms with E-state index in [0.717, 1.165) is 12.8 Å². The quantitative estimate of drug-likeness (QED) is 0.377.